The van der Waals surface area contributed by atoms with E-state index in [1.807, 2.05) is 6.92 Å². The van der Waals surface area contributed by atoms with Crippen LogP contribution in [0.25, 0.3) is 0 Å². The molecule has 0 aliphatic rings. The fraction of sp³-hybridized carbons (Fsp3) is 0.200. The van der Waals surface area contributed by atoms with Crippen LogP contribution in [0, 0.1) is 6.92 Å². The van der Waals surface area contributed by atoms with Crippen LogP contribution in [0.2, 0.25) is 0 Å². The Hall–Kier alpha value is -1.51. The van der Waals surface area contributed by atoms with Gasteiger partial charge in [0.05, 0.1) is 4.90 Å². The zero-order valence-corrected chi connectivity index (χ0v) is 11.3. The second-order valence-corrected chi connectivity index (χ2v) is 6.16. The molecule has 0 amide bonds. The smallest absolute Gasteiger partial charge is 0.263 e. The van der Waals surface area contributed by atoms with Crippen LogP contribution < -0.4 is 10.5 Å². The van der Waals surface area contributed by atoms with Gasteiger partial charge in [0, 0.05) is 6.54 Å². The van der Waals surface area contributed by atoms with Crippen molar-refractivity contribution in [2.45, 2.75) is 18.4 Å². The number of benzene rings is 1. The molecule has 0 fully saturated rings. The molecule has 3 N–H and O–H groups in total. The quantitative estimate of drug-likeness (QED) is 0.876. The fourth-order valence-corrected chi connectivity index (χ4v) is 3.17. The number of aromatic nitrogens is 2. The highest BCUT2D eigenvalue weighted by Gasteiger charge is 2.16. The van der Waals surface area contributed by atoms with E-state index in [9.17, 15) is 8.42 Å². The molecule has 6 nitrogen and oxygen atoms in total. The van der Waals surface area contributed by atoms with Crippen molar-refractivity contribution in [1.29, 1.82) is 0 Å². The monoisotopic (exact) mass is 284 g/mol. The Bertz CT molecular complexity index is 638. The molecule has 0 bridgehead atoms. The number of nitrogens with one attached hydrogen (secondary N) is 1. The van der Waals surface area contributed by atoms with Crippen molar-refractivity contribution >= 4 is 26.5 Å². The summed E-state index contributed by atoms with van der Waals surface area (Å²) in [6, 6.07) is 4.84. The molecule has 0 atom stereocenters. The van der Waals surface area contributed by atoms with Crippen molar-refractivity contribution in [2.75, 3.05) is 4.72 Å². The third-order valence-corrected chi connectivity index (χ3v) is 4.51. The number of nitrogens with zero attached hydrogens (tertiary/aromatic N) is 2. The average Bonchev–Trinajstić information content (AvgIpc) is 2.81. The van der Waals surface area contributed by atoms with Crippen LogP contribution in [0.5, 0.6) is 0 Å². The highest BCUT2D eigenvalue weighted by Crippen LogP contribution is 2.19. The van der Waals surface area contributed by atoms with E-state index in [1.165, 1.54) is 11.6 Å². The molecule has 0 radical (unpaired) electrons. The van der Waals surface area contributed by atoms with Crippen LogP contribution in [0.3, 0.4) is 0 Å². The summed E-state index contributed by atoms with van der Waals surface area (Å²) < 4.78 is 26.5. The predicted octanol–water partition coefficient (Wildman–Crippen LogP) is 1.11. The summed E-state index contributed by atoms with van der Waals surface area (Å²) in [5.41, 5.74) is 8.79. The van der Waals surface area contributed by atoms with Gasteiger partial charge in [-0.1, -0.05) is 17.4 Å². The van der Waals surface area contributed by atoms with Crippen molar-refractivity contribution in [3.8, 4) is 0 Å². The van der Waals surface area contributed by atoms with Gasteiger partial charge in [0.25, 0.3) is 10.0 Å². The van der Waals surface area contributed by atoms with Crippen molar-refractivity contribution in [3.05, 3.63) is 34.8 Å². The molecular weight excluding hydrogens is 272 g/mol. The predicted molar refractivity (Wildman–Crippen MR) is 69.8 cm³/mol. The Morgan fingerprint density at radius 2 is 2.22 bits per heavy atom. The number of aryl methyl sites for hydroxylation is 1. The Balaban J connectivity index is 2.35. The van der Waals surface area contributed by atoms with E-state index >= 15 is 0 Å². The van der Waals surface area contributed by atoms with Crippen LogP contribution in [-0.4, -0.2) is 18.6 Å². The van der Waals surface area contributed by atoms with Gasteiger partial charge in [0.15, 0.2) is 0 Å². The zero-order chi connectivity index (χ0) is 13.2. The topological polar surface area (TPSA) is 98.0 Å². The van der Waals surface area contributed by atoms with Crippen LogP contribution in [0.15, 0.2) is 28.6 Å². The van der Waals surface area contributed by atoms with Crippen molar-refractivity contribution < 1.29 is 8.42 Å². The number of anilines is 1. The molecule has 1 heterocycles. The largest absolute Gasteiger partial charge is 0.326 e. The number of rotatable bonds is 4. The molecule has 0 unspecified atom stereocenters. The van der Waals surface area contributed by atoms with Gasteiger partial charge in [0.1, 0.15) is 5.51 Å². The van der Waals surface area contributed by atoms with E-state index < -0.39 is 10.0 Å². The summed E-state index contributed by atoms with van der Waals surface area (Å²) in [5, 5.41) is 7.45. The van der Waals surface area contributed by atoms with Crippen molar-refractivity contribution in [1.82, 2.24) is 10.2 Å². The average molecular weight is 284 g/mol. The van der Waals surface area contributed by atoms with Gasteiger partial charge in [-0.3, -0.25) is 4.72 Å². The SMILES string of the molecule is Cc1ccc(S(=O)(=O)Nc2nncs2)cc1CN. The van der Waals surface area contributed by atoms with Gasteiger partial charge in [0.2, 0.25) is 5.13 Å². The maximum atomic E-state index is 12.1. The van der Waals surface area contributed by atoms with E-state index in [1.54, 1.807) is 12.1 Å². The molecule has 18 heavy (non-hydrogen) atoms. The molecule has 1 aromatic heterocycles. The van der Waals surface area contributed by atoms with Gasteiger partial charge < -0.3 is 5.73 Å². The summed E-state index contributed by atoms with van der Waals surface area (Å²) in [6.45, 7) is 2.19. The fourth-order valence-electron chi connectivity index (χ4n) is 1.43. The van der Waals surface area contributed by atoms with Gasteiger partial charge in [-0.05, 0) is 30.2 Å². The first-order valence-corrected chi connectivity index (χ1v) is 7.48. The number of hydrogen-bond acceptors (Lipinski definition) is 6. The molecule has 0 aliphatic carbocycles. The van der Waals surface area contributed by atoms with Gasteiger partial charge >= 0.3 is 0 Å². The summed E-state index contributed by atoms with van der Waals surface area (Å²) in [4.78, 5) is 0.170. The molecular formula is C10H12N4O2S2. The summed E-state index contributed by atoms with van der Waals surface area (Å²) in [5.74, 6) is 0. The van der Waals surface area contributed by atoms with Crippen molar-refractivity contribution in [2.24, 2.45) is 5.73 Å². The minimum Gasteiger partial charge on any atom is -0.326 e. The van der Waals surface area contributed by atoms with Gasteiger partial charge in [-0.2, -0.15) is 0 Å². The molecule has 96 valence electrons. The lowest BCUT2D eigenvalue weighted by molar-refractivity contribution is 0.601. The molecule has 8 heteroatoms. The normalized spacial score (nSPS) is 11.4. The molecule has 0 saturated carbocycles. The lowest BCUT2D eigenvalue weighted by atomic mass is 10.1. The molecule has 0 aliphatic heterocycles. The zero-order valence-electron chi connectivity index (χ0n) is 9.62. The Morgan fingerprint density at radius 3 is 2.83 bits per heavy atom. The highest BCUT2D eigenvalue weighted by molar-refractivity contribution is 7.93. The first-order valence-electron chi connectivity index (χ1n) is 5.11. The number of nitrogens with two attached hydrogens (primary N) is 1. The van der Waals surface area contributed by atoms with Crippen LogP contribution in [0.4, 0.5) is 5.13 Å². The molecule has 2 aromatic rings. The lowest BCUT2D eigenvalue weighted by Crippen LogP contribution is -2.13. The summed E-state index contributed by atoms with van der Waals surface area (Å²) in [6.07, 6.45) is 0. The molecule has 1 aromatic carbocycles. The third-order valence-electron chi connectivity index (χ3n) is 2.43. The molecule has 2 rings (SSSR count). The van der Waals surface area contributed by atoms with Crippen LogP contribution >= 0.6 is 11.3 Å². The standard InChI is InChI=1S/C10H12N4O2S2/c1-7-2-3-9(4-8(7)5-11)18(15,16)14-10-13-12-6-17-10/h2-4,6H,5,11H2,1H3,(H,13,14). The van der Waals surface area contributed by atoms with Crippen LogP contribution in [-0.2, 0) is 16.6 Å². The molecule has 0 spiro atoms. The van der Waals surface area contributed by atoms with Gasteiger partial charge in [-0.15, -0.1) is 10.2 Å². The lowest BCUT2D eigenvalue weighted by Gasteiger charge is -2.08. The second kappa shape index (κ2) is 5.01. The van der Waals surface area contributed by atoms with Gasteiger partial charge in [-0.25, -0.2) is 8.42 Å². The minimum atomic E-state index is -3.63. The van der Waals surface area contributed by atoms with Crippen molar-refractivity contribution in [3.63, 3.8) is 0 Å². The minimum absolute atomic E-state index is 0.170. The van der Waals surface area contributed by atoms with Crippen LogP contribution in [0.1, 0.15) is 11.1 Å². The first kappa shape index (κ1) is 12.9. The van der Waals surface area contributed by atoms with E-state index in [2.05, 4.69) is 14.9 Å². The maximum absolute atomic E-state index is 12.1. The van der Waals surface area contributed by atoms with E-state index in [0.717, 1.165) is 22.5 Å². The first-order chi connectivity index (χ1) is 8.53. The Morgan fingerprint density at radius 1 is 1.44 bits per heavy atom. The maximum Gasteiger partial charge on any atom is 0.263 e. The third kappa shape index (κ3) is 2.66. The molecule has 0 saturated heterocycles. The van der Waals surface area contributed by atoms with E-state index in [0.29, 0.717) is 6.54 Å². The van der Waals surface area contributed by atoms with E-state index in [-0.39, 0.29) is 10.0 Å². The second-order valence-electron chi connectivity index (χ2n) is 3.64. The Labute approximate surface area is 109 Å². The summed E-state index contributed by atoms with van der Waals surface area (Å²) in [7, 11) is -3.63. The number of sulfonamides is 1. The Kier molecular flexibility index (Phi) is 3.60. The number of hydrogen-bond donors (Lipinski definition) is 2. The summed E-state index contributed by atoms with van der Waals surface area (Å²) >= 11 is 1.12. The highest BCUT2D eigenvalue weighted by atomic mass is 32.2. The van der Waals surface area contributed by atoms with E-state index in [4.69, 9.17) is 5.73 Å².